The van der Waals surface area contributed by atoms with E-state index in [1.54, 1.807) is 4.90 Å². The van der Waals surface area contributed by atoms with E-state index in [4.69, 9.17) is 4.52 Å². The number of benzene rings is 1. The van der Waals surface area contributed by atoms with Gasteiger partial charge in [-0.25, -0.2) is 4.79 Å². The minimum Gasteiger partial charge on any atom is -0.339 e. The third-order valence-corrected chi connectivity index (χ3v) is 3.89. The van der Waals surface area contributed by atoms with E-state index in [2.05, 4.69) is 36.2 Å². The Morgan fingerprint density at radius 3 is 2.56 bits per heavy atom. The molecule has 0 aliphatic heterocycles. The molecule has 0 aliphatic rings. The van der Waals surface area contributed by atoms with Crippen LogP contribution in [-0.2, 0) is 6.42 Å². The lowest BCUT2D eigenvalue weighted by molar-refractivity contribution is 0.175. The van der Waals surface area contributed by atoms with E-state index >= 15 is 0 Å². The zero-order chi connectivity index (χ0) is 18.4. The highest BCUT2D eigenvalue weighted by Gasteiger charge is 2.25. The van der Waals surface area contributed by atoms with Crippen molar-refractivity contribution >= 4 is 6.03 Å². The second-order valence-electron chi connectivity index (χ2n) is 7.39. The summed E-state index contributed by atoms with van der Waals surface area (Å²) in [4.78, 5) is 18.6. The van der Waals surface area contributed by atoms with E-state index in [0.717, 1.165) is 5.56 Å². The summed E-state index contributed by atoms with van der Waals surface area (Å²) < 4.78 is 5.36. The van der Waals surface area contributed by atoms with Gasteiger partial charge in [-0.05, 0) is 24.8 Å². The van der Waals surface area contributed by atoms with Crippen molar-refractivity contribution in [2.24, 2.45) is 5.41 Å². The molecule has 6 heteroatoms. The SMILES string of the molecule is CCN(C(=O)NCC(C)(C)C)[C@@H](C)c1noc(Cc2ccccc2)n1. The Bertz CT molecular complexity index is 676. The Balaban J connectivity index is 2.02. The number of carbonyl (C=O) groups is 1. The molecule has 1 heterocycles. The number of carbonyl (C=O) groups excluding carboxylic acids is 1. The second-order valence-corrected chi connectivity index (χ2v) is 7.39. The molecule has 2 rings (SSSR count). The van der Waals surface area contributed by atoms with Crippen molar-refractivity contribution in [1.29, 1.82) is 0 Å². The number of aromatic nitrogens is 2. The van der Waals surface area contributed by atoms with Gasteiger partial charge in [0.15, 0.2) is 5.82 Å². The van der Waals surface area contributed by atoms with Crippen molar-refractivity contribution in [2.45, 2.75) is 47.1 Å². The van der Waals surface area contributed by atoms with Gasteiger partial charge in [0.1, 0.15) is 0 Å². The van der Waals surface area contributed by atoms with Gasteiger partial charge in [0.25, 0.3) is 0 Å². The first-order chi connectivity index (χ1) is 11.8. The summed E-state index contributed by atoms with van der Waals surface area (Å²) in [5, 5.41) is 7.04. The van der Waals surface area contributed by atoms with Crippen LogP contribution in [0.1, 0.15) is 57.9 Å². The molecule has 2 aromatic rings. The lowest BCUT2D eigenvalue weighted by Gasteiger charge is -2.28. The monoisotopic (exact) mass is 344 g/mol. The van der Waals surface area contributed by atoms with Gasteiger partial charge in [0.2, 0.25) is 5.89 Å². The summed E-state index contributed by atoms with van der Waals surface area (Å²) in [7, 11) is 0. The van der Waals surface area contributed by atoms with Crippen LogP contribution >= 0.6 is 0 Å². The maximum Gasteiger partial charge on any atom is 0.318 e. The van der Waals surface area contributed by atoms with Gasteiger partial charge in [0, 0.05) is 13.1 Å². The third-order valence-electron chi connectivity index (χ3n) is 3.89. The standard InChI is InChI=1S/C19H28N4O2/c1-6-23(18(24)20-13-19(3,4)5)14(2)17-21-16(25-22-17)12-15-10-8-7-9-11-15/h7-11,14H,6,12-13H2,1-5H3,(H,20,24)/t14-/m0/s1. The quantitative estimate of drug-likeness (QED) is 0.865. The molecule has 1 aromatic heterocycles. The Labute approximate surface area is 149 Å². The van der Waals surface area contributed by atoms with Crippen LogP contribution in [0.3, 0.4) is 0 Å². The molecule has 0 radical (unpaired) electrons. The Morgan fingerprint density at radius 1 is 1.28 bits per heavy atom. The largest absolute Gasteiger partial charge is 0.339 e. The lowest BCUT2D eigenvalue weighted by atomic mass is 9.97. The normalized spacial score (nSPS) is 12.7. The number of hydrogen-bond acceptors (Lipinski definition) is 4. The van der Waals surface area contributed by atoms with Crippen LogP contribution < -0.4 is 5.32 Å². The molecular weight excluding hydrogens is 316 g/mol. The molecule has 0 bridgehead atoms. The van der Waals surface area contributed by atoms with E-state index in [-0.39, 0.29) is 17.5 Å². The Hall–Kier alpha value is -2.37. The summed E-state index contributed by atoms with van der Waals surface area (Å²) in [6.07, 6.45) is 0.586. The fourth-order valence-electron chi connectivity index (χ4n) is 2.46. The predicted octanol–water partition coefficient (Wildman–Crippen LogP) is 3.80. The highest BCUT2D eigenvalue weighted by molar-refractivity contribution is 5.74. The number of nitrogens with one attached hydrogen (secondary N) is 1. The minimum absolute atomic E-state index is 0.0350. The summed E-state index contributed by atoms with van der Waals surface area (Å²) in [6, 6.07) is 9.61. The first kappa shape index (κ1) is 19.0. The van der Waals surface area contributed by atoms with Crippen LogP contribution in [0.5, 0.6) is 0 Å². The number of nitrogens with zero attached hydrogens (tertiary/aromatic N) is 3. The molecule has 136 valence electrons. The van der Waals surface area contributed by atoms with E-state index < -0.39 is 0 Å². The summed E-state index contributed by atoms with van der Waals surface area (Å²) in [6.45, 7) is 11.3. The maximum atomic E-state index is 12.5. The average Bonchev–Trinajstić information content (AvgIpc) is 3.02. The molecule has 0 aliphatic carbocycles. The van der Waals surface area contributed by atoms with Gasteiger partial charge < -0.3 is 14.7 Å². The molecular formula is C19H28N4O2. The third kappa shape index (κ3) is 5.59. The van der Waals surface area contributed by atoms with Crippen molar-refractivity contribution in [2.75, 3.05) is 13.1 Å². The van der Waals surface area contributed by atoms with Gasteiger partial charge in [-0.15, -0.1) is 0 Å². The van der Waals surface area contributed by atoms with E-state index in [1.807, 2.05) is 44.2 Å². The molecule has 0 saturated carbocycles. The smallest absolute Gasteiger partial charge is 0.318 e. The molecule has 0 spiro atoms. The summed E-state index contributed by atoms with van der Waals surface area (Å²) in [5.74, 6) is 1.08. The fourth-order valence-corrected chi connectivity index (χ4v) is 2.46. The molecule has 6 nitrogen and oxygen atoms in total. The van der Waals surface area contributed by atoms with Gasteiger partial charge in [-0.2, -0.15) is 4.98 Å². The van der Waals surface area contributed by atoms with Crippen molar-refractivity contribution < 1.29 is 9.32 Å². The van der Waals surface area contributed by atoms with Crippen molar-refractivity contribution in [3.8, 4) is 0 Å². The van der Waals surface area contributed by atoms with E-state index in [9.17, 15) is 4.79 Å². The van der Waals surface area contributed by atoms with Gasteiger partial charge >= 0.3 is 6.03 Å². The van der Waals surface area contributed by atoms with E-state index in [1.165, 1.54) is 0 Å². The molecule has 0 unspecified atom stereocenters. The van der Waals surface area contributed by atoms with Gasteiger partial charge in [-0.1, -0.05) is 56.3 Å². The van der Waals surface area contributed by atoms with Crippen LogP contribution in [0.2, 0.25) is 0 Å². The minimum atomic E-state index is -0.252. The number of hydrogen-bond donors (Lipinski definition) is 1. The highest BCUT2D eigenvalue weighted by atomic mass is 16.5. The molecule has 25 heavy (non-hydrogen) atoms. The molecule has 1 aromatic carbocycles. The van der Waals surface area contributed by atoms with Gasteiger partial charge in [0.05, 0.1) is 12.5 Å². The molecule has 2 amide bonds. The fraction of sp³-hybridized carbons (Fsp3) is 0.526. The van der Waals surface area contributed by atoms with Crippen molar-refractivity contribution in [1.82, 2.24) is 20.4 Å². The Kier molecular flexibility index (Phi) is 6.17. The van der Waals surface area contributed by atoms with Crippen LogP contribution in [-0.4, -0.2) is 34.2 Å². The lowest BCUT2D eigenvalue weighted by Crippen LogP contribution is -2.44. The predicted molar refractivity (Wildman–Crippen MR) is 97.2 cm³/mol. The molecule has 0 saturated heterocycles. The number of amides is 2. The number of rotatable bonds is 6. The number of urea groups is 1. The average molecular weight is 344 g/mol. The topological polar surface area (TPSA) is 71.3 Å². The van der Waals surface area contributed by atoms with Crippen molar-refractivity contribution in [3.63, 3.8) is 0 Å². The van der Waals surface area contributed by atoms with Crippen molar-refractivity contribution in [3.05, 3.63) is 47.6 Å². The highest BCUT2D eigenvalue weighted by Crippen LogP contribution is 2.19. The molecule has 1 N–H and O–H groups in total. The van der Waals surface area contributed by atoms with Crippen LogP contribution in [0.25, 0.3) is 0 Å². The second kappa shape index (κ2) is 8.14. The summed E-state index contributed by atoms with van der Waals surface area (Å²) in [5.41, 5.74) is 1.15. The van der Waals surface area contributed by atoms with E-state index in [0.29, 0.717) is 31.2 Å². The van der Waals surface area contributed by atoms with Gasteiger partial charge in [-0.3, -0.25) is 0 Å². The summed E-state index contributed by atoms with van der Waals surface area (Å²) >= 11 is 0. The Morgan fingerprint density at radius 2 is 1.96 bits per heavy atom. The maximum absolute atomic E-state index is 12.5. The zero-order valence-corrected chi connectivity index (χ0v) is 15.7. The molecule has 1 atom stereocenters. The first-order valence-electron chi connectivity index (χ1n) is 8.71. The first-order valence-corrected chi connectivity index (χ1v) is 8.71. The van der Waals surface area contributed by atoms with Crippen LogP contribution in [0.15, 0.2) is 34.9 Å². The molecule has 0 fully saturated rings. The van der Waals surface area contributed by atoms with Crippen LogP contribution in [0, 0.1) is 5.41 Å². The zero-order valence-electron chi connectivity index (χ0n) is 15.7. The van der Waals surface area contributed by atoms with Crippen LogP contribution in [0.4, 0.5) is 4.79 Å².